The van der Waals surface area contributed by atoms with Crippen LogP contribution in [-0.2, 0) is 0 Å². The molecule has 0 aliphatic carbocycles. The maximum Gasteiger partial charge on any atom is 0.0476 e. The van der Waals surface area contributed by atoms with Crippen LogP contribution in [0.15, 0.2) is 30.3 Å². The smallest absolute Gasteiger partial charge is 0.0476 e. The van der Waals surface area contributed by atoms with Crippen molar-refractivity contribution in [3.63, 3.8) is 0 Å². The van der Waals surface area contributed by atoms with Crippen LogP contribution in [0.25, 0.3) is 0 Å². The second-order valence-electron chi connectivity index (χ2n) is 5.96. The van der Waals surface area contributed by atoms with Gasteiger partial charge in [-0.1, -0.05) is 30.3 Å². The Balaban J connectivity index is 2.21. The van der Waals surface area contributed by atoms with Gasteiger partial charge in [0.2, 0.25) is 0 Å². The number of hydrogen-bond acceptors (Lipinski definition) is 2. The van der Waals surface area contributed by atoms with Crippen molar-refractivity contribution in [1.82, 2.24) is 4.90 Å². The van der Waals surface area contributed by atoms with Gasteiger partial charge in [0, 0.05) is 18.2 Å². The molecule has 1 aliphatic heterocycles. The molecule has 1 heterocycles. The molecule has 1 N–H and O–H groups in total. The SMILES string of the molecule is CC(c1ccccc1)N1CCCC(CO)C1(C)C. The number of aliphatic hydroxyl groups is 1. The fraction of sp³-hybridized carbons (Fsp3) is 0.625. The molecule has 1 aromatic carbocycles. The van der Waals surface area contributed by atoms with Gasteiger partial charge in [0.25, 0.3) is 0 Å². The molecular formula is C16H25NO. The van der Waals surface area contributed by atoms with E-state index in [4.69, 9.17) is 0 Å². The standard InChI is InChI=1S/C16H25NO/c1-13(14-8-5-4-6-9-14)17-11-7-10-15(12-18)16(17,2)3/h4-6,8-9,13,15,18H,7,10-12H2,1-3H3. The fourth-order valence-electron chi connectivity index (χ4n) is 3.30. The van der Waals surface area contributed by atoms with Crippen molar-refractivity contribution < 1.29 is 5.11 Å². The Hall–Kier alpha value is -0.860. The highest BCUT2D eigenvalue weighted by atomic mass is 16.3. The lowest BCUT2D eigenvalue weighted by atomic mass is 9.78. The quantitative estimate of drug-likeness (QED) is 0.886. The first kappa shape index (κ1) is 13.6. The van der Waals surface area contributed by atoms with Crippen LogP contribution in [0.1, 0.15) is 45.2 Å². The third-order valence-corrected chi connectivity index (χ3v) is 4.66. The second-order valence-corrected chi connectivity index (χ2v) is 5.96. The molecule has 2 heteroatoms. The number of aliphatic hydroxyl groups excluding tert-OH is 1. The molecule has 0 bridgehead atoms. The van der Waals surface area contributed by atoms with Crippen LogP contribution in [0, 0.1) is 5.92 Å². The molecule has 0 amide bonds. The number of benzene rings is 1. The third-order valence-electron chi connectivity index (χ3n) is 4.66. The molecule has 2 unspecified atom stereocenters. The number of hydrogen-bond donors (Lipinski definition) is 1. The summed E-state index contributed by atoms with van der Waals surface area (Å²) in [4.78, 5) is 2.55. The predicted octanol–water partition coefficient (Wildman–Crippen LogP) is 3.23. The molecular weight excluding hydrogens is 222 g/mol. The van der Waals surface area contributed by atoms with Gasteiger partial charge < -0.3 is 5.11 Å². The topological polar surface area (TPSA) is 23.5 Å². The first-order valence-electron chi connectivity index (χ1n) is 7.00. The first-order chi connectivity index (χ1) is 8.57. The summed E-state index contributed by atoms with van der Waals surface area (Å²) in [5, 5.41) is 9.57. The highest BCUT2D eigenvalue weighted by Crippen LogP contribution is 2.38. The Morgan fingerprint density at radius 3 is 2.61 bits per heavy atom. The van der Waals surface area contributed by atoms with Gasteiger partial charge >= 0.3 is 0 Å². The van der Waals surface area contributed by atoms with E-state index in [1.165, 1.54) is 12.0 Å². The van der Waals surface area contributed by atoms with E-state index >= 15 is 0 Å². The van der Waals surface area contributed by atoms with Crippen molar-refractivity contribution in [2.75, 3.05) is 13.2 Å². The minimum Gasteiger partial charge on any atom is -0.396 e. The zero-order valence-electron chi connectivity index (χ0n) is 11.8. The first-order valence-corrected chi connectivity index (χ1v) is 7.00. The molecule has 100 valence electrons. The molecule has 1 aliphatic rings. The summed E-state index contributed by atoms with van der Waals surface area (Å²) in [6.07, 6.45) is 2.33. The van der Waals surface area contributed by atoms with Crippen LogP contribution in [0.2, 0.25) is 0 Å². The van der Waals surface area contributed by atoms with Crippen LogP contribution < -0.4 is 0 Å². The van der Waals surface area contributed by atoms with Gasteiger partial charge in [-0.2, -0.15) is 0 Å². The highest BCUT2D eigenvalue weighted by Gasteiger charge is 2.40. The normalized spacial score (nSPS) is 25.9. The summed E-state index contributed by atoms with van der Waals surface area (Å²) in [7, 11) is 0. The minimum atomic E-state index is 0.0717. The minimum absolute atomic E-state index is 0.0717. The van der Waals surface area contributed by atoms with Gasteiger partial charge in [0.1, 0.15) is 0 Å². The zero-order valence-corrected chi connectivity index (χ0v) is 11.8. The predicted molar refractivity (Wildman–Crippen MR) is 75.5 cm³/mol. The molecule has 18 heavy (non-hydrogen) atoms. The Kier molecular flexibility index (Phi) is 4.08. The van der Waals surface area contributed by atoms with Gasteiger partial charge in [-0.3, -0.25) is 4.90 Å². The number of likely N-dealkylation sites (tertiary alicyclic amines) is 1. The Labute approximate surface area is 111 Å². The van der Waals surface area contributed by atoms with E-state index in [0.717, 1.165) is 13.0 Å². The van der Waals surface area contributed by atoms with Crippen LogP contribution in [0.4, 0.5) is 0 Å². The maximum atomic E-state index is 9.57. The highest BCUT2D eigenvalue weighted by molar-refractivity contribution is 5.19. The largest absolute Gasteiger partial charge is 0.396 e. The molecule has 1 saturated heterocycles. The summed E-state index contributed by atoms with van der Waals surface area (Å²) in [5.74, 6) is 0.386. The van der Waals surface area contributed by atoms with Gasteiger partial charge in [-0.05, 0) is 51.6 Å². The van der Waals surface area contributed by atoms with Gasteiger partial charge in [0.05, 0.1) is 0 Å². The average molecular weight is 247 g/mol. The average Bonchev–Trinajstić information content (AvgIpc) is 2.38. The molecule has 0 saturated carbocycles. The molecule has 0 radical (unpaired) electrons. The van der Waals surface area contributed by atoms with Crippen LogP contribution in [0.5, 0.6) is 0 Å². The van der Waals surface area contributed by atoms with Crippen LogP contribution in [-0.4, -0.2) is 28.7 Å². The van der Waals surface area contributed by atoms with Crippen molar-refractivity contribution in [2.45, 2.75) is 45.2 Å². The van der Waals surface area contributed by atoms with Crippen molar-refractivity contribution in [1.29, 1.82) is 0 Å². The van der Waals surface area contributed by atoms with Gasteiger partial charge in [-0.15, -0.1) is 0 Å². The van der Waals surface area contributed by atoms with Crippen LogP contribution in [0.3, 0.4) is 0 Å². The molecule has 0 spiro atoms. The summed E-state index contributed by atoms with van der Waals surface area (Å²) < 4.78 is 0. The van der Waals surface area contributed by atoms with E-state index in [9.17, 15) is 5.11 Å². The lowest BCUT2D eigenvalue weighted by Crippen LogP contribution is -2.54. The van der Waals surface area contributed by atoms with E-state index in [0.29, 0.717) is 18.6 Å². The summed E-state index contributed by atoms with van der Waals surface area (Å²) in [6.45, 7) is 8.24. The Morgan fingerprint density at radius 2 is 2.00 bits per heavy atom. The Morgan fingerprint density at radius 1 is 1.33 bits per heavy atom. The maximum absolute atomic E-state index is 9.57. The van der Waals surface area contributed by atoms with Gasteiger partial charge in [0.15, 0.2) is 0 Å². The molecule has 2 nitrogen and oxygen atoms in total. The molecule has 0 aromatic heterocycles. The molecule has 1 fully saturated rings. The number of piperidine rings is 1. The van der Waals surface area contributed by atoms with Crippen molar-refractivity contribution in [3.05, 3.63) is 35.9 Å². The third kappa shape index (κ3) is 2.45. The van der Waals surface area contributed by atoms with Crippen LogP contribution >= 0.6 is 0 Å². The summed E-state index contributed by atoms with van der Waals surface area (Å²) in [6, 6.07) is 11.1. The molecule has 1 aromatic rings. The van der Waals surface area contributed by atoms with E-state index < -0.39 is 0 Å². The zero-order chi connectivity index (χ0) is 13.2. The lowest BCUT2D eigenvalue weighted by Gasteiger charge is -2.50. The number of nitrogens with zero attached hydrogens (tertiary/aromatic N) is 1. The summed E-state index contributed by atoms with van der Waals surface area (Å²) in [5.41, 5.74) is 1.44. The van der Waals surface area contributed by atoms with E-state index in [2.05, 4.69) is 56.0 Å². The monoisotopic (exact) mass is 247 g/mol. The van der Waals surface area contributed by atoms with Crippen molar-refractivity contribution in [3.8, 4) is 0 Å². The lowest BCUT2D eigenvalue weighted by molar-refractivity contribution is -0.0289. The van der Waals surface area contributed by atoms with Crippen molar-refractivity contribution >= 4 is 0 Å². The van der Waals surface area contributed by atoms with E-state index in [-0.39, 0.29) is 5.54 Å². The van der Waals surface area contributed by atoms with E-state index in [1.54, 1.807) is 0 Å². The fourth-order valence-corrected chi connectivity index (χ4v) is 3.30. The Bertz CT molecular complexity index is 374. The number of rotatable bonds is 3. The molecule has 2 rings (SSSR count). The van der Waals surface area contributed by atoms with Gasteiger partial charge in [-0.25, -0.2) is 0 Å². The molecule has 2 atom stereocenters. The van der Waals surface area contributed by atoms with Crippen molar-refractivity contribution in [2.24, 2.45) is 5.92 Å². The second kappa shape index (κ2) is 5.41. The summed E-state index contributed by atoms with van der Waals surface area (Å²) >= 11 is 0. The van der Waals surface area contributed by atoms with E-state index in [1.807, 2.05) is 0 Å².